The van der Waals surface area contributed by atoms with Crippen LogP contribution in [0.3, 0.4) is 0 Å². The quantitative estimate of drug-likeness (QED) is 0.551. The van der Waals surface area contributed by atoms with E-state index in [0.29, 0.717) is 17.0 Å². The predicted octanol–water partition coefficient (Wildman–Crippen LogP) is 3.79. The van der Waals surface area contributed by atoms with Gasteiger partial charge in [0, 0.05) is 18.0 Å². The molecule has 7 heteroatoms. The van der Waals surface area contributed by atoms with E-state index in [1.54, 1.807) is 31.4 Å². The summed E-state index contributed by atoms with van der Waals surface area (Å²) in [5, 5.41) is 5.62. The number of amides is 2. The van der Waals surface area contributed by atoms with Crippen molar-refractivity contribution in [3.8, 4) is 5.75 Å². The van der Waals surface area contributed by atoms with Crippen molar-refractivity contribution >= 4 is 17.5 Å². The molecule has 1 atom stereocenters. The first-order chi connectivity index (χ1) is 15.2. The lowest BCUT2D eigenvalue weighted by molar-refractivity contribution is -0.118. The van der Waals surface area contributed by atoms with Crippen molar-refractivity contribution in [1.29, 1.82) is 0 Å². The number of benzene rings is 2. The highest BCUT2D eigenvalue weighted by molar-refractivity contribution is 6.01. The minimum atomic E-state index is -0.956. The highest BCUT2D eigenvalue weighted by Crippen LogP contribution is 2.25. The third-order valence-corrected chi connectivity index (χ3v) is 5.05. The maximum Gasteiger partial charge on any atom is 0.253 e. The molecule has 2 amide bonds. The van der Waals surface area contributed by atoms with Gasteiger partial charge in [0.1, 0.15) is 11.8 Å². The van der Waals surface area contributed by atoms with E-state index in [9.17, 15) is 14.4 Å². The number of pyridine rings is 1. The zero-order chi connectivity index (χ0) is 23.3. The standard InChI is InChI=1S/C25H27N3O4/c1-25(2,3)18-8-10-19(11-9-18)27-24(31)22(16-5-12-20(32-4)13-6-16)28-23(30)17-7-14-21(29)26-15-17/h5-15,22H,1-4H3,(H,26,29)(H,27,31)(H,28,30). The highest BCUT2D eigenvalue weighted by atomic mass is 16.5. The topological polar surface area (TPSA) is 100 Å². The molecule has 1 heterocycles. The van der Waals surface area contributed by atoms with Gasteiger partial charge in [-0.2, -0.15) is 0 Å². The van der Waals surface area contributed by atoms with E-state index in [4.69, 9.17) is 4.74 Å². The fraction of sp³-hybridized carbons (Fsp3) is 0.240. The van der Waals surface area contributed by atoms with Gasteiger partial charge in [-0.25, -0.2) is 0 Å². The second-order valence-corrected chi connectivity index (χ2v) is 8.44. The zero-order valence-corrected chi connectivity index (χ0v) is 18.6. The monoisotopic (exact) mass is 433 g/mol. The van der Waals surface area contributed by atoms with Crippen molar-refractivity contribution in [2.45, 2.75) is 32.2 Å². The molecule has 0 aliphatic rings. The Hall–Kier alpha value is -3.87. The van der Waals surface area contributed by atoms with Gasteiger partial charge in [0.25, 0.3) is 11.8 Å². The van der Waals surface area contributed by atoms with Crippen molar-refractivity contribution in [2.24, 2.45) is 0 Å². The Morgan fingerprint density at radius 1 is 0.938 bits per heavy atom. The third kappa shape index (κ3) is 5.63. The molecule has 32 heavy (non-hydrogen) atoms. The van der Waals surface area contributed by atoms with E-state index in [-0.39, 0.29) is 16.5 Å². The maximum absolute atomic E-state index is 13.2. The van der Waals surface area contributed by atoms with Crippen LogP contribution in [0, 0.1) is 0 Å². The van der Waals surface area contributed by atoms with Crippen molar-refractivity contribution < 1.29 is 14.3 Å². The maximum atomic E-state index is 13.2. The number of methoxy groups -OCH3 is 1. The number of aromatic amines is 1. The number of hydrogen-bond donors (Lipinski definition) is 3. The van der Waals surface area contributed by atoms with Crippen LogP contribution in [0.4, 0.5) is 5.69 Å². The fourth-order valence-electron chi connectivity index (χ4n) is 3.13. The van der Waals surface area contributed by atoms with E-state index in [2.05, 4.69) is 36.4 Å². The van der Waals surface area contributed by atoms with E-state index in [1.165, 1.54) is 18.3 Å². The normalized spacial score (nSPS) is 12.0. The number of ether oxygens (including phenoxy) is 1. The molecule has 3 rings (SSSR count). The second kappa shape index (κ2) is 9.51. The van der Waals surface area contributed by atoms with Gasteiger partial charge in [0.05, 0.1) is 12.7 Å². The first-order valence-corrected chi connectivity index (χ1v) is 10.2. The molecule has 0 saturated carbocycles. The van der Waals surface area contributed by atoms with Gasteiger partial charge in [0.15, 0.2) is 0 Å². The molecule has 0 aliphatic carbocycles. The molecular weight excluding hydrogens is 406 g/mol. The molecule has 7 nitrogen and oxygen atoms in total. The van der Waals surface area contributed by atoms with Gasteiger partial charge >= 0.3 is 0 Å². The fourth-order valence-corrected chi connectivity index (χ4v) is 3.13. The lowest BCUT2D eigenvalue weighted by Gasteiger charge is -2.21. The predicted molar refractivity (Wildman–Crippen MR) is 124 cm³/mol. The van der Waals surface area contributed by atoms with Gasteiger partial charge < -0.3 is 20.4 Å². The number of nitrogens with one attached hydrogen (secondary N) is 3. The molecule has 3 N–H and O–H groups in total. The molecule has 166 valence electrons. The molecule has 0 fully saturated rings. The highest BCUT2D eigenvalue weighted by Gasteiger charge is 2.24. The van der Waals surface area contributed by atoms with Crippen LogP contribution < -0.4 is 20.9 Å². The number of carbonyl (C=O) groups is 2. The number of H-pyrrole nitrogens is 1. The van der Waals surface area contributed by atoms with Gasteiger partial charge in [-0.05, 0) is 46.9 Å². The molecule has 2 aromatic carbocycles. The van der Waals surface area contributed by atoms with E-state index in [0.717, 1.165) is 5.56 Å². The molecule has 0 spiro atoms. The van der Waals surface area contributed by atoms with E-state index < -0.39 is 17.9 Å². The lowest BCUT2D eigenvalue weighted by Crippen LogP contribution is -2.37. The number of rotatable bonds is 6. The third-order valence-electron chi connectivity index (χ3n) is 5.05. The number of hydrogen-bond acceptors (Lipinski definition) is 4. The minimum Gasteiger partial charge on any atom is -0.497 e. The Kier molecular flexibility index (Phi) is 6.78. The second-order valence-electron chi connectivity index (χ2n) is 8.44. The molecule has 1 aromatic heterocycles. The summed E-state index contributed by atoms with van der Waals surface area (Å²) in [5.74, 6) is -0.241. The van der Waals surface area contributed by atoms with Crippen LogP contribution in [0.1, 0.15) is 48.3 Å². The summed E-state index contributed by atoms with van der Waals surface area (Å²) in [7, 11) is 1.55. The molecule has 0 bridgehead atoms. The van der Waals surface area contributed by atoms with Crippen LogP contribution >= 0.6 is 0 Å². The van der Waals surface area contributed by atoms with Crippen LogP contribution in [0.25, 0.3) is 0 Å². The molecular formula is C25H27N3O4. The van der Waals surface area contributed by atoms with Crippen molar-refractivity contribution in [3.05, 3.63) is 93.9 Å². The van der Waals surface area contributed by atoms with Crippen LogP contribution in [-0.2, 0) is 10.2 Å². The SMILES string of the molecule is COc1ccc(C(NC(=O)c2ccc(=O)[nH]c2)C(=O)Nc2ccc(C(C)(C)C)cc2)cc1. The van der Waals surface area contributed by atoms with Crippen LogP contribution in [-0.4, -0.2) is 23.9 Å². The van der Waals surface area contributed by atoms with Crippen LogP contribution in [0.15, 0.2) is 71.7 Å². The van der Waals surface area contributed by atoms with Crippen LogP contribution in [0.2, 0.25) is 0 Å². The van der Waals surface area contributed by atoms with Crippen molar-refractivity contribution in [3.63, 3.8) is 0 Å². The summed E-state index contributed by atoms with van der Waals surface area (Å²) >= 11 is 0. The average Bonchev–Trinajstić information content (AvgIpc) is 2.77. The number of aromatic nitrogens is 1. The largest absolute Gasteiger partial charge is 0.497 e. The van der Waals surface area contributed by atoms with Gasteiger partial charge in [-0.3, -0.25) is 14.4 Å². The Labute approximate surface area is 186 Å². The average molecular weight is 434 g/mol. The summed E-state index contributed by atoms with van der Waals surface area (Å²) in [5.41, 5.74) is 2.29. The van der Waals surface area contributed by atoms with Crippen molar-refractivity contribution in [1.82, 2.24) is 10.3 Å². The molecule has 0 aliphatic heterocycles. The van der Waals surface area contributed by atoms with E-state index in [1.807, 2.05) is 24.3 Å². The zero-order valence-electron chi connectivity index (χ0n) is 18.6. The van der Waals surface area contributed by atoms with Gasteiger partial charge in [0.2, 0.25) is 5.56 Å². The Balaban J connectivity index is 1.85. The summed E-state index contributed by atoms with van der Waals surface area (Å²) in [6, 6.07) is 16.2. The minimum absolute atomic E-state index is 0.00119. The Morgan fingerprint density at radius 2 is 1.59 bits per heavy atom. The molecule has 1 unspecified atom stereocenters. The summed E-state index contributed by atoms with van der Waals surface area (Å²) in [6.45, 7) is 6.35. The molecule has 3 aromatic rings. The lowest BCUT2D eigenvalue weighted by atomic mass is 9.87. The summed E-state index contributed by atoms with van der Waals surface area (Å²) in [4.78, 5) is 39.6. The van der Waals surface area contributed by atoms with Gasteiger partial charge in [-0.15, -0.1) is 0 Å². The first kappa shape index (κ1) is 22.8. The van der Waals surface area contributed by atoms with Gasteiger partial charge in [-0.1, -0.05) is 45.0 Å². The Bertz CT molecular complexity index is 1120. The summed E-state index contributed by atoms with van der Waals surface area (Å²) < 4.78 is 5.18. The van der Waals surface area contributed by atoms with Crippen molar-refractivity contribution in [2.75, 3.05) is 12.4 Å². The Morgan fingerprint density at radius 3 is 2.12 bits per heavy atom. The number of anilines is 1. The summed E-state index contributed by atoms with van der Waals surface area (Å²) in [6.07, 6.45) is 1.31. The first-order valence-electron chi connectivity index (χ1n) is 10.2. The van der Waals surface area contributed by atoms with Crippen LogP contribution in [0.5, 0.6) is 5.75 Å². The number of carbonyl (C=O) groups excluding carboxylic acids is 2. The molecule has 0 radical (unpaired) electrons. The smallest absolute Gasteiger partial charge is 0.253 e. The molecule has 0 saturated heterocycles. The van der Waals surface area contributed by atoms with E-state index >= 15 is 0 Å².